The Kier molecular flexibility index (Phi) is 9.83. The van der Waals surface area contributed by atoms with Gasteiger partial charge in [-0.3, -0.25) is 0 Å². The Hall–Kier alpha value is 0.920. The van der Waals surface area contributed by atoms with E-state index >= 15 is 0 Å². The van der Waals surface area contributed by atoms with Crippen molar-refractivity contribution in [3.8, 4) is 0 Å². The number of hydrogen-bond acceptors (Lipinski definition) is 2. The predicted octanol–water partition coefficient (Wildman–Crippen LogP) is -3.31. The van der Waals surface area contributed by atoms with Gasteiger partial charge in [0, 0.05) is 0 Å². The van der Waals surface area contributed by atoms with E-state index in [0.717, 1.165) is 6.42 Å². The van der Waals surface area contributed by atoms with E-state index in [2.05, 4.69) is 0 Å². The largest absolute Gasteiger partial charge is 1.00 e. The van der Waals surface area contributed by atoms with Crippen LogP contribution in [0.3, 0.4) is 0 Å². The average molecular weight is 139 g/mol. The zero-order chi connectivity index (χ0) is 6.57. The van der Waals surface area contributed by atoms with Gasteiger partial charge in [0.25, 0.3) is 0 Å². The minimum atomic E-state index is -0.398. The van der Waals surface area contributed by atoms with E-state index in [1.54, 1.807) is 0 Å². The SMILES string of the molecule is CCC([O-])CN(C)C.[Na+]. The molecule has 0 N–H and O–H groups in total. The van der Waals surface area contributed by atoms with Crippen molar-refractivity contribution in [2.75, 3.05) is 20.6 Å². The maximum Gasteiger partial charge on any atom is 1.00 e. The van der Waals surface area contributed by atoms with Gasteiger partial charge in [-0.2, -0.15) is 0 Å². The standard InChI is InChI=1S/C6H14NO.Na/c1-4-6(8)5-7(2)3;/h6H,4-5H2,1-3H3;/q-1;+1. The van der Waals surface area contributed by atoms with E-state index in [1.165, 1.54) is 0 Å². The molecule has 0 aliphatic carbocycles. The Morgan fingerprint density at radius 3 is 2.00 bits per heavy atom. The monoisotopic (exact) mass is 139 g/mol. The van der Waals surface area contributed by atoms with Crippen molar-refractivity contribution >= 4 is 0 Å². The minimum Gasteiger partial charge on any atom is -0.851 e. The van der Waals surface area contributed by atoms with E-state index in [-0.39, 0.29) is 29.6 Å². The number of likely N-dealkylation sites (N-methyl/N-ethyl adjacent to an activating group) is 1. The summed E-state index contributed by atoms with van der Waals surface area (Å²) >= 11 is 0. The Bertz CT molecular complexity index is 59.0. The van der Waals surface area contributed by atoms with Gasteiger partial charge in [-0.25, -0.2) is 0 Å². The molecule has 0 bridgehead atoms. The first-order valence-corrected chi connectivity index (χ1v) is 2.97. The Balaban J connectivity index is 0. The molecule has 3 heteroatoms. The topological polar surface area (TPSA) is 26.3 Å². The molecule has 2 nitrogen and oxygen atoms in total. The summed E-state index contributed by atoms with van der Waals surface area (Å²) in [7, 11) is 3.83. The predicted molar refractivity (Wildman–Crippen MR) is 32.6 cm³/mol. The molecule has 0 aromatic rings. The summed E-state index contributed by atoms with van der Waals surface area (Å²) in [5, 5.41) is 10.7. The molecule has 50 valence electrons. The van der Waals surface area contributed by atoms with Gasteiger partial charge < -0.3 is 10.0 Å². The molecule has 9 heavy (non-hydrogen) atoms. The van der Waals surface area contributed by atoms with E-state index in [9.17, 15) is 5.11 Å². The first-order chi connectivity index (χ1) is 3.66. The van der Waals surface area contributed by atoms with E-state index in [1.807, 2.05) is 25.9 Å². The molecule has 0 fully saturated rings. The number of rotatable bonds is 3. The zero-order valence-corrected chi connectivity index (χ0v) is 8.85. The quantitative estimate of drug-likeness (QED) is 0.383. The molecule has 0 radical (unpaired) electrons. The third kappa shape index (κ3) is 8.92. The van der Waals surface area contributed by atoms with Gasteiger partial charge in [0.2, 0.25) is 0 Å². The van der Waals surface area contributed by atoms with E-state index in [4.69, 9.17) is 0 Å². The Morgan fingerprint density at radius 2 is 1.89 bits per heavy atom. The molecule has 0 spiro atoms. The first kappa shape index (κ1) is 12.6. The normalized spacial score (nSPS) is 13.0. The van der Waals surface area contributed by atoms with Crippen molar-refractivity contribution in [2.24, 2.45) is 0 Å². The fourth-order valence-electron chi connectivity index (χ4n) is 0.536. The van der Waals surface area contributed by atoms with Crippen LogP contribution in [0.1, 0.15) is 13.3 Å². The van der Waals surface area contributed by atoms with Gasteiger partial charge in [0.15, 0.2) is 0 Å². The van der Waals surface area contributed by atoms with Gasteiger partial charge in [-0.15, -0.1) is 6.10 Å². The molecule has 0 saturated heterocycles. The van der Waals surface area contributed by atoms with E-state index < -0.39 is 6.10 Å². The Labute approximate surface area is 79.5 Å². The molecular formula is C6H14NNaO. The van der Waals surface area contributed by atoms with Gasteiger partial charge >= 0.3 is 29.6 Å². The van der Waals surface area contributed by atoms with Crippen LogP contribution < -0.4 is 34.7 Å². The fourth-order valence-corrected chi connectivity index (χ4v) is 0.536. The zero-order valence-electron chi connectivity index (χ0n) is 6.85. The van der Waals surface area contributed by atoms with Crippen LogP contribution in [0.25, 0.3) is 0 Å². The van der Waals surface area contributed by atoms with Gasteiger partial charge in [0.05, 0.1) is 0 Å². The van der Waals surface area contributed by atoms with Crippen LogP contribution in [-0.2, 0) is 0 Å². The minimum absolute atomic E-state index is 0. The van der Waals surface area contributed by atoms with Crippen LogP contribution in [0.15, 0.2) is 0 Å². The first-order valence-electron chi connectivity index (χ1n) is 2.97. The molecule has 0 aromatic carbocycles. The molecule has 0 rings (SSSR count). The molecule has 0 amide bonds. The van der Waals surface area contributed by atoms with Crippen molar-refractivity contribution in [1.29, 1.82) is 0 Å². The smallest absolute Gasteiger partial charge is 0.851 e. The van der Waals surface area contributed by atoms with Crippen LogP contribution in [0.2, 0.25) is 0 Å². The summed E-state index contributed by atoms with van der Waals surface area (Å²) < 4.78 is 0. The second kappa shape index (κ2) is 7.03. The van der Waals surface area contributed by atoms with Crippen molar-refractivity contribution in [3.05, 3.63) is 0 Å². The van der Waals surface area contributed by atoms with Gasteiger partial charge in [-0.1, -0.05) is 13.3 Å². The summed E-state index contributed by atoms with van der Waals surface area (Å²) in [4.78, 5) is 1.92. The van der Waals surface area contributed by atoms with Crippen LogP contribution >= 0.6 is 0 Å². The third-order valence-electron chi connectivity index (χ3n) is 1.02. The second-order valence-electron chi connectivity index (χ2n) is 2.29. The second-order valence-corrected chi connectivity index (χ2v) is 2.29. The number of nitrogens with zero attached hydrogens (tertiary/aromatic N) is 1. The molecule has 0 heterocycles. The van der Waals surface area contributed by atoms with Crippen molar-refractivity contribution < 1.29 is 34.7 Å². The summed E-state index contributed by atoms with van der Waals surface area (Å²) in [6.07, 6.45) is 0.336. The molecular weight excluding hydrogens is 125 g/mol. The average Bonchev–Trinajstić information content (AvgIpc) is 1.65. The Morgan fingerprint density at radius 1 is 1.44 bits per heavy atom. The van der Waals surface area contributed by atoms with Crippen LogP contribution in [0, 0.1) is 0 Å². The maximum absolute atomic E-state index is 10.7. The summed E-state index contributed by atoms with van der Waals surface area (Å²) in [6.45, 7) is 2.58. The fraction of sp³-hybridized carbons (Fsp3) is 1.00. The number of hydrogen-bond donors (Lipinski definition) is 0. The third-order valence-corrected chi connectivity index (χ3v) is 1.02. The molecule has 0 saturated carbocycles. The summed E-state index contributed by atoms with van der Waals surface area (Å²) in [5.41, 5.74) is 0. The van der Waals surface area contributed by atoms with Crippen molar-refractivity contribution in [3.63, 3.8) is 0 Å². The van der Waals surface area contributed by atoms with Crippen molar-refractivity contribution in [1.82, 2.24) is 4.90 Å². The molecule has 0 aliphatic heterocycles. The molecule has 0 aliphatic rings. The van der Waals surface area contributed by atoms with Crippen LogP contribution in [0.5, 0.6) is 0 Å². The summed E-state index contributed by atoms with van der Waals surface area (Å²) in [5.74, 6) is 0. The maximum atomic E-state index is 10.7. The molecule has 1 unspecified atom stereocenters. The van der Waals surface area contributed by atoms with Crippen molar-refractivity contribution in [2.45, 2.75) is 19.4 Å². The van der Waals surface area contributed by atoms with Crippen LogP contribution in [-0.4, -0.2) is 31.6 Å². The van der Waals surface area contributed by atoms with Gasteiger partial charge in [0.1, 0.15) is 0 Å². The van der Waals surface area contributed by atoms with Gasteiger partial charge in [-0.05, 0) is 20.6 Å². The summed E-state index contributed by atoms with van der Waals surface area (Å²) in [6, 6.07) is 0. The molecule has 1 atom stereocenters. The van der Waals surface area contributed by atoms with E-state index in [0.29, 0.717) is 6.54 Å². The molecule has 0 aromatic heterocycles. The van der Waals surface area contributed by atoms with Crippen LogP contribution in [0.4, 0.5) is 0 Å².